The van der Waals surface area contributed by atoms with Gasteiger partial charge in [0.2, 0.25) is 10.0 Å². The lowest BCUT2D eigenvalue weighted by atomic mass is 10.2. The van der Waals surface area contributed by atoms with Gasteiger partial charge in [0, 0.05) is 16.4 Å². The third kappa shape index (κ3) is 3.95. The van der Waals surface area contributed by atoms with Crippen LogP contribution in [-0.4, -0.2) is 34.0 Å². The van der Waals surface area contributed by atoms with Crippen LogP contribution in [0.2, 0.25) is 0 Å². The number of nitrogens with zero attached hydrogens (tertiary/aromatic N) is 1. The lowest BCUT2D eigenvalue weighted by molar-refractivity contribution is 0.264. The van der Waals surface area contributed by atoms with Gasteiger partial charge < -0.3 is 4.42 Å². The number of furan rings is 1. The number of nitrogens with one attached hydrogen (secondary N) is 1. The SMILES string of the molecule is CN(C)[C@H](CNS(=O)(=O)c1ccccc1Br)c1cc2ccccc2o1. The zero-order valence-corrected chi connectivity index (χ0v) is 16.3. The Balaban J connectivity index is 1.84. The Morgan fingerprint density at radius 1 is 1.12 bits per heavy atom. The molecule has 132 valence electrons. The van der Waals surface area contributed by atoms with Gasteiger partial charge >= 0.3 is 0 Å². The van der Waals surface area contributed by atoms with Crippen molar-refractivity contribution in [1.82, 2.24) is 9.62 Å². The van der Waals surface area contributed by atoms with Crippen molar-refractivity contribution >= 4 is 36.9 Å². The molecule has 0 spiro atoms. The summed E-state index contributed by atoms with van der Waals surface area (Å²) in [7, 11) is 0.164. The second kappa shape index (κ2) is 7.29. The first-order valence-corrected chi connectivity index (χ1v) is 10.1. The fourth-order valence-corrected chi connectivity index (χ4v) is 4.67. The van der Waals surface area contributed by atoms with Gasteiger partial charge in [-0.25, -0.2) is 13.1 Å². The topological polar surface area (TPSA) is 62.6 Å². The zero-order chi connectivity index (χ0) is 18.0. The summed E-state index contributed by atoms with van der Waals surface area (Å²) in [5, 5.41) is 0.998. The fourth-order valence-electron chi connectivity index (χ4n) is 2.63. The summed E-state index contributed by atoms with van der Waals surface area (Å²) < 4.78 is 34.3. The summed E-state index contributed by atoms with van der Waals surface area (Å²) in [5.41, 5.74) is 0.790. The molecule has 2 aromatic carbocycles. The van der Waals surface area contributed by atoms with Crippen LogP contribution >= 0.6 is 15.9 Å². The summed E-state index contributed by atoms with van der Waals surface area (Å²) in [6.45, 7) is 0.205. The Kier molecular flexibility index (Phi) is 5.29. The van der Waals surface area contributed by atoms with Gasteiger partial charge in [0.15, 0.2) is 0 Å². The highest BCUT2D eigenvalue weighted by atomic mass is 79.9. The van der Waals surface area contributed by atoms with Gasteiger partial charge in [-0.2, -0.15) is 0 Å². The van der Waals surface area contributed by atoms with E-state index in [1.54, 1.807) is 24.3 Å². The Morgan fingerprint density at radius 2 is 1.80 bits per heavy atom. The van der Waals surface area contributed by atoms with Gasteiger partial charge in [-0.3, -0.25) is 4.90 Å². The zero-order valence-electron chi connectivity index (χ0n) is 13.9. The van der Waals surface area contributed by atoms with Crippen LogP contribution < -0.4 is 4.72 Å². The highest BCUT2D eigenvalue weighted by Crippen LogP contribution is 2.27. The molecule has 0 aliphatic carbocycles. The number of benzene rings is 2. The van der Waals surface area contributed by atoms with E-state index in [-0.39, 0.29) is 17.5 Å². The smallest absolute Gasteiger partial charge is 0.241 e. The van der Waals surface area contributed by atoms with Gasteiger partial charge in [0.05, 0.1) is 10.9 Å². The van der Waals surface area contributed by atoms with Crippen LogP contribution in [0.5, 0.6) is 0 Å². The van der Waals surface area contributed by atoms with E-state index in [9.17, 15) is 8.42 Å². The van der Waals surface area contributed by atoms with Crippen LogP contribution in [0, 0.1) is 0 Å². The summed E-state index contributed by atoms with van der Waals surface area (Å²) >= 11 is 3.29. The molecule has 25 heavy (non-hydrogen) atoms. The highest BCUT2D eigenvalue weighted by Gasteiger charge is 2.23. The van der Waals surface area contributed by atoms with E-state index in [1.807, 2.05) is 49.3 Å². The second-order valence-electron chi connectivity index (χ2n) is 5.95. The van der Waals surface area contributed by atoms with Crippen molar-refractivity contribution in [1.29, 1.82) is 0 Å². The van der Waals surface area contributed by atoms with Gasteiger partial charge in [0.1, 0.15) is 11.3 Å². The van der Waals surface area contributed by atoms with Crippen molar-refractivity contribution < 1.29 is 12.8 Å². The minimum atomic E-state index is -3.62. The molecule has 7 heteroatoms. The van der Waals surface area contributed by atoms with E-state index in [0.29, 0.717) is 4.47 Å². The number of para-hydroxylation sites is 1. The number of likely N-dealkylation sites (N-methyl/N-ethyl adjacent to an activating group) is 1. The first-order chi connectivity index (χ1) is 11.9. The van der Waals surface area contributed by atoms with Crippen molar-refractivity contribution in [3.05, 3.63) is 64.8 Å². The standard InChI is InChI=1S/C18H19BrN2O3S/c1-21(2)15(17-11-13-7-3-5-9-16(13)24-17)12-20-25(22,23)18-10-6-4-8-14(18)19/h3-11,15,20H,12H2,1-2H3/t15-/m1/s1. The molecule has 1 heterocycles. The van der Waals surface area contributed by atoms with E-state index >= 15 is 0 Å². The van der Waals surface area contributed by atoms with Crippen molar-refractivity contribution in [3.63, 3.8) is 0 Å². The van der Waals surface area contributed by atoms with Crippen LogP contribution in [-0.2, 0) is 10.0 Å². The molecule has 0 aliphatic rings. The van der Waals surface area contributed by atoms with Crippen molar-refractivity contribution in [2.24, 2.45) is 0 Å². The Morgan fingerprint density at radius 3 is 2.48 bits per heavy atom. The lowest BCUT2D eigenvalue weighted by Crippen LogP contribution is -2.34. The molecule has 5 nitrogen and oxygen atoms in total. The Bertz CT molecular complexity index is 950. The minimum absolute atomic E-state index is 0.205. The van der Waals surface area contributed by atoms with Gasteiger partial charge in [0.25, 0.3) is 0 Å². The van der Waals surface area contributed by atoms with E-state index in [1.165, 1.54) is 0 Å². The summed E-state index contributed by atoms with van der Waals surface area (Å²) in [4.78, 5) is 2.15. The van der Waals surface area contributed by atoms with Gasteiger partial charge in [-0.1, -0.05) is 30.3 Å². The normalized spacial score (nSPS) is 13.4. The molecule has 0 radical (unpaired) electrons. The van der Waals surface area contributed by atoms with Crippen LogP contribution in [0.3, 0.4) is 0 Å². The van der Waals surface area contributed by atoms with Gasteiger partial charge in [-0.15, -0.1) is 0 Å². The maximum Gasteiger partial charge on any atom is 0.241 e. The first-order valence-electron chi connectivity index (χ1n) is 7.77. The van der Waals surface area contributed by atoms with Crippen LogP contribution in [0.15, 0.2) is 68.4 Å². The molecule has 0 saturated heterocycles. The molecule has 1 atom stereocenters. The number of hydrogen-bond acceptors (Lipinski definition) is 4. The molecule has 0 aliphatic heterocycles. The molecule has 0 bridgehead atoms. The molecule has 0 amide bonds. The molecule has 0 unspecified atom stereocenters. The quantitative estimate of drug-likeness (QED) is 0.656. The number of halogens is 1. The van der Waals surface area contributed by atoms with Crippen LogP contribution in [0.4, 0.5) is 0 Å². The van der Waals surface area contributed by atoms with Crippen molar-refractivity contribution in [3.8, 4) is 0 Å². The summed E-state index contributed by atoms with van der Waals surface area (Å²) in [6.07, 6.45) is 0. The highest BCUT2D eigenvalue weighted by molar-refractivity contribution is 9.10. The first kappa shape index (κ1) is 18.1. The lowest BCUT2D eigenvalue weighted by Gasteiger charge is -2.22. The van der Waals surface area contributed by atoms with E-state index in [4.69, 9.17) is 4.42 Å². The minimum Gasteiger partial charge on any atom is -0.459 e. The number of fused-ring (bicyclic) bond motifs is 1. The predicted octanol–water partition coefficient (Wildman–Crippen LogP) is 3.78. The molecular formula is C18H19BrN2O3S. The largest absolute Gasteiger partial charge is 0.459 e. The molecule has 1 N–H and O–H groups in total. The van der Waals surface area contributed by atoms with Gasteiger partial charge in [-0.05, 0) is 54.3 Å². The van der Waals surface area contributed by atoms with E-state index < -0.39 is 10.0 Å². The molecule has 0 fully saturated rings. The van der Waals surface area contributed by atoms with Crippen LogP contribution in [0.25, 0.3) is 11.0 Å². The maximum atomic E-state index is 12.6. The number of sulfonamides is 1. The third-order valence-electron chi connectivity index (χ3n) is 3.99. The Labute approximate surface area is 155 Å². The molecule has 1 aromatic heterocycles. The van der Waals surface area contributed by atoms with Crippen molar-refractivity contribution in [2.45, 2.75) is 10.9 Å². The number of hydrogen-bond donors (Lipinski definition) is 1. The molecule has 3 aromatic rings. The maximum absolute atomic E-state index is 12.6. The number of rotatable bonds is 6. The second-order valence-corrected chi connectivity index (χ2v) is 8.54. The fraction of sp³-hybridized carbons (Fsp3) is 0.222. The summed E-state index contributed by atoms with van der Waals surface area (Å²) in [6, 6.07) is 16.2. The van der Waals surface area contributed by atoms with E-state index in [2.05, 4.69) is 20.7 Å². The Hall–Kier alpha value is -1.67. The molecular weight excluding hydrogens is 404 g/mol. The van der Waals surface area contributed by atoms with Crippen molar-refractivity contribution in [2.75, 3.05) is 20.6 Å². The average molecular weight is 423 g/mol. The monoisotopic (exact) mass is 422 g/mol. The average Bonchev–Trinajstić information content (AvgIpc) is 2.98. The third-order valence-corrected chi connectivity index (χ3v) is 6.42. The summed E-state index contributed by atoms with van der Waals surface area (Å²) in [5.74, 6) is 0.723. The van der Waals surface area contributed by atoms with E-state index in [0.717, 1.165) is 16.7 Å². The molecule has 3 rings (SSSR count). The van der Waals surface area contributed by atoms with Crippen LogP contribution in [0.1, 0.15) is 11.8 Å². The predicted molar refractivity (Wildman–Crippen MR) is 102 cm³/mol. The molecule has 0 saturated carbocycles.